The first-order chi connectivity index (χ1) is 22.6. The molecule has 0 amide bonds. The average Bonchev–Trinajstić information content (AvgIpc) is 3.33. The number of benzene rings is 4. The summed E-state index contributed by atoms with van der Waals surface area (Å²) in [6, 6.07) is 25.0. The van der Waals surface area contributed by atoms with Crippen LogP contribution in [0.5, 0.6) is 11.5 Å². The zero-order valence-corrected chi connectivity index (χ0v) is 30.2. The van der Waals surface area contributed by atoms with Crippen LogP contribution in [0.4, 0.5) is 0 Å². The Labute approximate surface area is 293 Å². The second-order valence-corrected chi connectivity index (χ2v) is 14.0. The van der Waals surface area contributed by atoms with E-state index in [1.807, 2.05) is 68.5 Å². The molecule has 6 rings (SSSR count). The molecule has 0 aliphatic carbocycles. The van der Waals surface area contributed by atoms with Gasteiger partial charge in [-0.05, 0) is 112 Å². The fourth-order valence-electron chi connectivity index (χ4n) is 5.59. The molecule has 0 fully saturated rings. The summed E-state index contributed by atoms with van der Waals surface area (Å²) < 4.78 is 21.3. The van der Waals surface area contributed by atoms with Crippen LogP contribution in [0.3, 0.4) is 0 Å². The molecule has 0 bridgehead atoms. The van der Waals surface area contributed by atoms with Gasteiger partial charge in [-0.25, -0.2) is 9.79 Å². The number of hydrogen-bond acceptors (Lipinski definition) is 7. The normalized spacial score (nSPS) is 14.7. The van der Waals surface area contributed by atoms with Crippen LogP contribution in [0.15, 0.2) is 109 Å². The van der Waals surface area contributed by atoms with Gasteiger partial charge in [-0.3, -0.25) is 9.36 Å². The molecule has 0 saturated carbocycles. The molecule has 47 heavy (non-hydrogen) atoms. The topological polar surface area (TPSA) is 79.1 Å². The van der Waals surface area contributed by atoms with Crippen molar-refractivity contribution in [2.24, 2.45) is 4.99 Å². The Kier molecular flexibility index (Phi) is 9.82. The van der Waals surface area contributed by atoms with Gasteiger partial charge >= 0.3 is 5.97 Å². The third-order valence-electron chi connectivity index (χ3n) is 7.61. The molecule has 240 valence electrons. The predicted molar refractivity (Wildman–Crippen MR) is 193 cm³/mol. The van der Waals surface area contributed by atoms with E-state index >= 15 is 0 Å². The third-order valence-corrected chi connectivity index (χ3v) is 9.77. The molecule has 0 unspecified atom stereocenters. The van der Waals surface area contributed by atoms with Crippen molar-refractivity contribution in [3.8, 4) is 11.5 Å². The number of thiazole rings is 1. The summed E-state index contributed by atoms with van der Waals surface area (Å²) in [7, 11) is 0. The Balaban J connectivity index is 1.38. The van der Waals surface area contributed by atoms with Gasteiger partial charge in [0.15, 0.2) is 4.80 Å². The highest BCUT2D eigenvalue weighted by Gasteiger charge is 2.35. The van der Waals surface area contributed by atoms with Crippen molar-refractivity contribution in [2.45, 2.75) is 46.4 Å². The van der Waals surface area contributed by atoms with Gasteiger partial charge in [0.2, 0.25) is 0 Å². The first kappa shape index (κ1) is 32.9. The molecule has 0 spiro atoms. The van der Waals surface area contributed by atoms with Crippen LogP contribution in [0.2, 0.25) is 0 Å². The number of allylic oxidation sites excluding steroid dienone is 1. The molecular formula is C37H32Br2N2O5S. The van der Waals surface area contributed by atoms with E-state index in [1.54, 1.807) is 18.4 Å². The fraction of sp³-hybridized carbons (Fsp3) is 0.216. The first-order valence-corrected chi connectivity index (χ1v) is 17.6. The number of esters is 1. The monoisotopic (exact) mass is 774 g/mol. The van der Waals surface area contributed by atoms with Gasteiger partial charge in [-0.2, -0.15) is 0 Å². The molecule has 1 atom stereocenters. The van der Waals surface area contributed by atoms with Crippen LogP contribution >= 0.6 is 43.2 Å². The Morgan fingerprint density at radius 3 is 2.43 bits per heavy atom. The van der Waals surface area contributed by atoms with E-state index in [4.69, 9.17) is 19.2 Å². The van der Waals surface area contributed by atoms with Gasteiger partial charge < -0.3 is 14.2 Å². The molecule has 1 aliphatic heterocycles. The standard InChI is InChI=1S/C37H32Br2N2O5S/c1-5-44-36(43)32-22(4)40-37-41(33(32)27-12-8-9-13-30(27)46-21(2)3)35(42)31(47-37)19-24-17-28(38)34(29(39)18-24)45-20-23-14-15-25-10-6-7-11-26(25)16-23/h6-19,21,33H,5,20H2,1-4H3/b31-19+/t33-/m1/s1. The molecule has 1 aliphatic rings. The maximum atomic E-state index is 14.2. The number of rotatable bonds is 9. The van der Waals surface area contributed by atoms with E-state index in [-0.39, 0.29) is 18.3 Å². The minimum absolute atomic E-state index is 0.112. The van der Waals surface area contributed by atoms with Crippen LogP contribution in [-0.2, 0) is 16.1 Å². The minimum atomic E-state index is -0.772. The number of carbonyl (C=O) groups excluding carboxylic acids is 1. The van der Waals surface area contributed by atoms with Crippen molar-refractivity contribution < 1.29 is 19.0 Å². The molecular weight excluding hydrogens is 744 g/mol. The van der Waals surface area contributed by atoms with Crippen LogP contribution < -0.4 is 24.4 Å². The predicted octanol–water partition coefficient (Wildman–Crippen LogP) is 7.84. The third kappa shape index (κ3) is 6.86. The fourth-order valence-corrected chi connectivity index (χ4v) is 8.09. The maximum Gasteiger partial charge on any atom is 0.338 e. The summed E-state index contributed by atoms with van der Waals surface area (Å²) in [5, 5.41) is 2.34. The summed E-state index contributed by atoms with van der Waals surface area (Å²) in [6.07, 6.45) is 1.71. The van der Waals surface area contributed by atoms with Crippen molar-refractivity contribution >= 4 is 66.0 Å². The van der Waals surface area contributed by atoms with Crippen molar-refractivity contribution in [1.29, 1.82) is 0 Å². The smallest absolute Gasteiger partial charge is 0.338 e. The van der Waals surface area contributed by atoms with E-state index in [2.05, 4.69) is 62.2 Å². The van der Waals surface area contributed by atoms with Crippen molar-refractivity contribution in [2.75, 3.05) is 6.61 Å². The van der Waals surface area contributed by atoms with Gasteiger partial charge in [-0.1, -0.05) is 65.9 Å². The summed E-state index contributed by atoms with van der Waals surface area (Å²) >= 11 is 8.61. The summed E-state index contributed by atoms with van der Waals surface area (Å²) in [6.45, 7) is 7.99. The Bertz CT molecular complexity index is 2200. The van der Waals surface area contributed by atoms with Gasteiger partial charge in [0, 0.05) is 5.56 Å². The minimum Gasteiger partial charge on any atom is -0.491 e. The molecule has 7 nitrogen and oxygen atoms in total. The van der Waals surface area contributed by atoms with Gasteiger partial charge in [0.1, 0.15) is 24.1 Å². The Hall–Kier alpha value is -3.99. The van der Waals surface area contributed by atoms with E-state index in [0.29, 0.717) is 44.3 Å². The highest BCUT2D eigenvalue weighted by molar-refractivity contribution is 9.11. The summed E-state index contributed by atoms with van der Waals surface area (Å²) in [5.74, 6) is 0.735. The molecule has 0 N–H and O–H groups in total. The lowest BCUT2D eigenvalue weighted by Crippen LogP contribution is -2.40. The van der Waals surface area contributed by atoms with Crippen molar-refractivity contribution in [3.05, 3.63) is 135 Å². The van der Waals surface area contributed by atoms with Crippen LogP contribution in [0.25, 0.3) is 16.8 Å². The highest BCUT2D eigenvalue weighted by atomic mass is 79.9. The maximum absolute atomic E-state index is 14.2. The number of hydrogen-bond donors (Lipinski definition) is 0. The zero-order valence-electron chi connectivity index (χ0n) is 26.3. The lowest BCUT2D eigenvalue weighted by molar-refractivity contribution is -0.139. The number of halogens is 2. The van der Waals surface area contributed by atoms with E-state index in [0.717, 1.165) is 25.5 Å². The molecule has 0 saturated heterocycles. The van der Waals surface area contributed by atoms with E-state index in [9.17, 15) is 9.59 Å². The molecule has 10 heteroatoms. The first-order valence-electron chi connectivity index (χ1n) is 15.2. The highest BCUT2D eigenvalue weighted by Crippen LogP contribution is 2.37. The average molecular weight is 777 g/mol. The van der Waals surface area contributed by atoms with Gasteiger partial charge in [-0.15, -0.1) is 0 Å². The lowest BCUT2D eigenvalue weighted by atomic mass is 9.95. The molecule has 1 aromatic heterocycles. The van der Waals surface area contributed by atoms with Gasteiger partial charge in [0.25, 0.3) is 5.56 Å². The number of para-hydroxylation sites is 1. The lowest BCUT2D eigenvalue weighted by Gasteiger charge is -2.26. The second-order valence-electron chi connectivity index (χ2n) is 11.3. The van der Waals surface area contributed by atoms with Crippen LogP contribution in [0, 0.1) is 0 Å². The molecule has 5 aromatic rings. The van der Waals surface area contributed by atoms with Crippen LogP contribution in [-0.4, -0.2) is 23.2 Å². The summed E-state index contributed by atoms with van der Waals surface area (Å²) in [4.78, 5) is 32.7. The largest absolute Gasteiger partial charge is 0.491 e. The molecule has 0 radical (unpaired) electrons. The number of fused-ring (bicyclic) bond motifs is 2. The summed E-state index contributed by atoms with van der Waals surface area (Å²) in [5.41, 5.74) is 3.07. The van der Waals surface area contributed by atoms with Gasteiger partial charge in [0.05, 0.1) is 37.5 Å². The SMILES string of the molecule is CCOC(=O)C1=C(C)N=c2s/c(=C/c3cc(Br)c(OCc4ccc5ccccc5c4)c(Br)c3)c(=O)n2[C@@H]1c1ccccc1OC(C)C. The Morgan fingerprint density at radius 1 is 1.00 bits per heavy atom. The van der Waals surface area contributed by atoms with Crippen molar-refractivity contribution in [3.63, 3.8) is 0 Å². The van der Waals surface area contributed by atoms with E-state index in [1.165, 1.54) is 16.7 Å². The zero-order chi connectivity index (χ0) is 33.2. The quantitative estimate of drug-likeness (QED) is 0.143. The van der Waals surface area contributed by atoms with E-state index < -0.39 is 12.0 Å². The number of nitrogens with zero attached hydrogens (tertiary/aromatic N) is 2. The van der Waals surface area contributed by atoms with Crippen LogP contribution in [0.1, 0.15) is 50.4 Å². The molecule has 4 aromatic carbocycles. The van der Waals surface area contributed by atoms with Crippen molar-refractivity contribution in [1.82, 2.24) is 4.57 Å². The second kappa shape index (κ2) is 14.0. The molecule has 2 heterocycles. The number of ether oxygens (including phenoxy) is 3. The number of aromatic nitrogens is 1. The Morgan fingerprint density at radius 2 is 1.70 bits per heavy atom. The number of carbonyl (C=O) groups is 1.